The molecule has 2 heterocycles. The number of carbonyl (C=O) groups is 2. The van der Waals surface area contributed by atoms with Crippen LogP contribution in [0.2, 0.25) is 0 Å². The number of aliphatic hydroxyl groups is 1. The van der Waals surface area contributed by atoms with E-state index in [1.807, 2.05) is 72.8 Å². The lowest BCUT2D eigenvalue weighted by Gasteiger charge is -2.44. The van der Waals surface area contributed by atoms with Crippen molar-refractivity contribution >= 4 is 39.6 Å². The number of carbonyl (C=O) groups excluding carboxylic acids is 2. The number of nitrogens with zero attached hydrogens (tertiary/aromatic N) is 1. The summed E-state index contributed by atoms with van der Waals surface area (Å²) in [5.74, 6) is -4.43. The first-order valence-corrected chi connectivity index (χ1v) is 14.3. The van der Waals surface area contributed by atoms with E-state index in [-0.39, 0.29) is 30.6 Å². The Kier molecular flexibility index (Phi) is 6.50. The predicted molar refractivity (Wildman–Crippen MR) is 158 cm³/mol. The van der Waals surface area contributed by atoms with Crippen LogP contribution in [0.1, 0.15) is 24.5 Å². The number of ether oxygens (including phenoxy) is 2. The van der Waals surface area contributed by atoms with Gasteiger partial charge in [0, 0.05) is 35.7 Å². The van der Waals surface area contributed by atoms with Crippen molar-refractivity contribution in [1.82, 2.24) is 0 Å². The molecule has 3 fully saturated rings. The Bertz CT molecular complexity index is 1660. The first-order valence-electron chi connectivity index (χ1n) is 14.3. The zero-order valence-electron chi connectivity index (χ0n) is 23.1. The maximum absolute atomic E-state index is 14.0. The van der Waals surface area contributed by atoms with Crippen LogP contribution in [-0.2, 0) is 19.1 Å². The number of anilines is 3. The second-order valence-electron chi connectivity index (χ2n) is 11.5. The molecule has 2 amide bonds. The van der Waals surface area contributed by atoms with Gasteiger partial charge in [0.15, 0.2) is 5.79 Å². The van der Waals surface area contributed by atoms with Crippen LogP contribution in [0.3, 0.4) is 0 Å². The van der Waals surface area contributed by atoms with E-state index in [9.17, 15) is 19.8 Å². The number of nitrogens with one attached hydrogen (secondary N) is 1. The lowest BCUT2D eigenvalue weighted by molar-refractivity contribution is -0.275. The summed E-state index contributed by atoms with van der Waals surface area (Å²) in [6, 6.07) is 27.9. The second kappa shape index (κ2) is 10.2. The van der Waals surface area contributed by atoms with E-state index >= 15 is 0 Å². The highest BCUT2D eigenvalue weighted by Gasteiger charge is 2.67. The van der Waals surface area contributed by atoms with E-state index in [1.54, 1.807) is 25.3 Å². The molecule has 2 aliphatic heterocycles. The van der Waals surface area contributed by atoms with Crippen LogP contribution >= 0.6 is 0 Å². The Balaban J connectivity index is 1.21. The molecule has 0 unspecified atom stereocenters. The van der Waals surface area contributed by atoms with Crippen molar-refractivity contribution in [3.05, 3.63) is 96.6 Å². The summed E-state index contributed by atoms with van der Waals surface area (Å²) in [4.78, 5) is 29.1. The minimum absolute atomic E-state index is 0.165. The predicted octanol–water partition coefficient (Wildman–Crippen LogP) is 5.53. The number of methoxy groups -OCH3 is 1. The quantitative estimate of drug-likeness (QED) is 0.265. The highest BCUT2D eigenvalue weighted by atomic mass is 16.6. The van der Waals surface area contributed by atoms with Crippen LogP contribution in [-0.4, -0.2) is 41.5 Å². The van der Waals surface area contributed by atoms with Gasteiger partial charge in [-0.25, -0.2) is 0 Å². The molecule has 7 rings (SSSR count). The summed E-state index contributed by atoms with van der Waals surface area (Å²) >= 11 is 0. The lowest BCUT2D eigenvalue weighted by Crippen LogP contribution is -2.54. The number of fused-ring (bicyclic) bond motifs is 4. The number of hydrogen-bond acceptors (Lipinski definition) is 7. The molecule has 3 aliphatic rings. The van der Waals surface area contributed by atoms with Crippen molar-refractivity contribution in [3.8, 4) is 5.75 Å². The Morgan fingerprint density at radius 1 is 0.881 bits per heavy atom. The molecule has 8 nitrogen and oxygen atoms in total. The molecule has 0 bridgehead atoms. The normalized spacial score (nSPS) is 28.6. The number of para-hydroxylation sites is 1. The Labute approximate surface area is 243 Å². The standard InChI is InChI=1S/C34H32N2O6/c1-41-19-20-17-27-31(28-18-30(42-34(20,28)40)26-15-16-29(37)25-10-6-5-9-24(25)26)33(39)36(32(27)38)23-13-11-22(12-14-23)35-21-7-3-2-4-8-21/h2-16,20,27-28,30-31,35,37,40H,17-19H2,1H3/t20-,27+,28+,30+,31+,34-/m1/s1. The molecule has 0 aromatic heterocycles. The van der Waals surface area contributed by atoms with Gasteiger partial charge in [-0.05, 0) is 66.3 Å². The zero-order chi connectivity index (χ0) is 29.0. The number of imide groups is 1. The van der Waals surface area contributed by atoms with Gasteiger partial charge in [0.05, 0.1) is 30.2 Å². The van der Waals surface area contributed by atoms with Crippen molar-refractivity contribution < 1.29 is 29.3 Å². The van der Waals surface area contributed by atoms with Crippen LogP contribution in [0.25, 0.3) is 10.8 Å². The SMILES string of the molecule is COC[C@H]1C[C@@H]2C(=O)N(c3ccc(Nc4ccccc4)cc3)C(=O)[C@@H]2[C@@H]2C[C@@H](c3ccc(O)c4ccccc34)O[C@]12O. The number of benzene rings is 4. The van der Waals surface area contributed by atoms with Crippen molar-refractivity contribution in [2.45, 2.75) is 24.7 Å². The molecule has 4 aromatic rings. The smallest absolute Gasteiger partial charge is 0.238 e. The molecule has 0 spiro atoms. The van der Waals surface area contributed by atoms with E-state index < -0.39 is 35.6 Å². The second-order valence-corrected chi connectivity index (χ2v) is 11.5. The Morgan fingerprint density at radius 2 is 1.57 bits per heavy atom. The maximum atomic E-state index is 14.0. The van der Waals surface area contributed by atoms with Gasteiger partial charge in [0.2, 0.25) is 11.8 Å². The van der Waals surface area contributed by atoms with Crippen molar-refractivity contribution in [1.29, 1.82) is 0 Å². The first kappa shape index (κ1) is 26.6. The number of rotatable bonds is 6. The summed E-state index contributed by atoms with van der Waals surface area (Å²) < 4.78 is 11.9. The summed E-state index contributed by atoms with van der Waals surface area (Å²) in [7, 11) is 1.56. The van der Waals surface area contributed by atoms with E-state index in [1.165, 1.54) is 4.90 Å². The average Bonchev–Trinajstić information content (AvgIpc) is 3.48. The fourth-order valence-electron chi connectivity index (χ4n) is 7.29. The van der Waals surface area contributed by atoms with Crippen LogP contribution in [0, 0.1) is 23.7 Å². The van der Waals surface area contributed by atoms with E-state index in [0.29, 0.717) is 17.5 Å². The van der Waals surface area contributed by atoms with Crippen LogP contribution in [0.15, 0.2) is 91.0 Å². The molecule has 214 valence electrons. The molecule has 0 radical (unpaired) electrons. The minimum atomic E-state index is -1.64. The molecule has 4 aromatic carbocycles. The summed E-state index contributed by atoms with van der Waals surface area (Å²) in [6.45, 7) is 0.195. The Morgan fingerprint density at radius 3 is 2.31 bits per heavy atom. The van der Waals surface area contributed by atoms with E-state index in [4.69, 9.17) is 9.47 Å². The van der Waals surface area contributed by atoms with E-state index in [2.05, 4.69) is 5.32 Å². The van der Waals surface area contributed by atoms with Gasteiger partial charge in [0.1, 0.15) is 5.75 Å². The Hall–Kier alpha value is -4.24. The van der Waals surface area contributed by atoms with E-state index in [0.717, 1.165) is 22.3 Å². The zero-order valence-corrected chi connectivity index (χ0v) is 23.1. The number of phenols is 1. The highest BCUT2D eigenvalue weighted by Crippen LogP contribution is 2.59. The first-order chi connectivity index (χ1) is 20.4. The fourth-order valence-corrected chi connectivity index (χ4v) is 7.29. The monoisotopic (exact) mass is 564 g/mol. The fraction of sp³-hybridized carbons (Fsp3) is 0.294. The minimum Gasteiger partial charge on any atom is -0.507 e. The molecule has 1 aliphatic carbocycles. The number of aromatic hydroxyl groups is 1. The molecule has 42 heavy (non-hydrogen) atoms. The largest absolute Gasteiger partial charge is 0.507 e. The van der Waals surface area contributed by atoms with Gasteiger partial charge >= 0.3 is 0 Å². The van der Waals surface area contributed by atoms with Gasteiger partial charge in [-0.2, -0.15) is 0 Å². The molecule has 1 saturated carbocycles. The van der Waals surface area contributed by atoms with Gasteiger partial charge in [-0.1, -0.05) is 48.5 Å². The van der Waals surface area contributed by atoms with Crippen LogP contribution < -0.4 is 10.2 Å². The number of amides is 2. The van der Waals surface area contributed by atoms with Crippen molar-refractivity contribution in [2.75, 3.05) is 23.9 Å². The molecular weight excluding hydrogens is 532 g/mol. The van der Waals surface area contributed by atoms with Crippen LogP contribution in [0.4, 0.5) is 17.1 Å². The maximum Gasteiger partial charge on any atom is 0.238 e. The third-order valence-corrected chi connectivity index (χ3v) is 9.20. The van der Waals surface area contributed by atoms with Crippen molar-refractivity contribution in [2.24, 2.45) is 23.7 Å². The molecule has 3 N–H and O–H groups in total. The summed E-state index contributed by atoms with van der Waals surface area (Å²) in [5, 5.41) is 27.4. The summed E-state index contributed by atoms with van der Waals surface area (Å²) in [5.41, 5.74) is 3.10. The molecule has 2 saturated heterocycles. The van der Waals surface area contributed by atoms with Crippen LogP contribution in [0.5, 0.6) is 5.75 Å². The number of phenolic OH excluding ortho intramolecular Hbond substituents is 1. The van der Waals surface area contributed by atoms with Gasteiger partial charge in [-0.15, -0.1) is 0 Å². The van der Waals surface area contributed by atoms with Gasteiger partial charge in [0.25, 0.3) is 0 Å². The summed E-state index contributed by atoms with van der Waals surface area (Å²) in [6.07, 6.45) is 0.117. The average molecular weight is 565 g/mol. The topological polar surface area (TPSA) is 108 Å². The third-order valence-electron chi connectivity index (χ3n) is 9.20. The third kappa shape index (κ3) is 4.17. The lowest BCUT2D eigenvalue weighted by atomic mass is 9.64. The molecule has 6 atom stereocenters. The highest BCUT2D eigenvalue weighted by molar-refractivity contribution is 6.22. The van der Waals surface area contributed by atoms with Gasteiger partial charge < -0.3 is 25.0 Å². The van der Waals surface area contributed by atoms with Crippen molar-refractivity contribution in [3.63, 3.8) is 0 Å². The van der Waals surface area contributed by atoms with Gasteiger partial charge in [-0.3, -0.25) is 14.5 Å². The molecular formula is C34H32N2O6. The molecule has 8 heteroatoms. The number of hydrogen-bond donors (Lipinski definition) is 3.